The Morgan fingerprint density at radius 2 is 1.48 bits per heavy atom. The molecular weight excluding hydrogens is 734 g/mol. The van der Waals surface area contributed by atoms with Gasteiger partial charge in [0, 0.05) is 18.5 Å². The number of benzene rings is 3. The molecule has 1 aromatic heterocycles. The molecule has 1 atom stereocenters. The van der Waals surface area contributed by atoms with E-state index in [2.05, 4.69) is 25.1 Å². The molecule has 0 spiro atoms. The van der Waals surface area contributed by atoms with Crippen molar-refractivity contribution < 1.29 is 48.4 Å². The van der Waals surface area contributed by atoms with Crippen molar-refractivity contribution in [1.29, 1.82) is 0 Å². The lowest BCUT2D eigenvalue weighted by molar-refractivity contribution is -0.763. The molecule has 0 N–H and O–H groups in total. The maximum Gasteiger partial charge on any atom is 0.515 e. The maximum absolute atomic E-state index is 13.5. The number of unbranched alkanes of at least 4 members (excludes halogenated alkanes) is 2. The van der Waals surface area contributed by atoms with Crippen LogP contribution in [0.1, 0.15) is 64.0 Å². The van der Waals surface area contributed by atoms with Crippen molar-refractivity contribution in [3.63, 3.8) is 0 Å². The van der Waals surface area contributed by atoms with Gasteiger partial charge >= 0.3 is 12.1 Å². The van der Waals surface area contributed by atoms with Gasteiger partial charge < -0.3 is 28.8 Å². The van der Waals surface area contributed by atoms with E-state index in [9.17, 15) is 34.6 Å². The maximum atomic E-state index is 13.5. The molecule has 4 rings (SSSR count). The Balaban J connectivity index is 1.41. The van der Waals surface area contributed by atoms with Gasteiger partial charge in [-0.15, -0.1) is 35.2 Å². The van der Waals surface area contributed by atoms with Gasteiger partial charge in [0.1, 0.15) is 18.4 Å². The Bertz CT molecular complexity index is 1920. The van der Waals surface area contributed by atoms with E-state index in [-0.39, 0.29) is 56.2 Å². The molecule has 0 fully saturated rings. The van der Waals surface area contributed by atoms with Crippen molar-refractivity contribution in [2.75, 3.05) is 13.2 Å². The van der Waals surface area contributed by atoms with Crippen molar-refractivity contribution in [3.8, 4) is 28.3 Å². The molecule has 1 unspecified atom stereocenters. The van der Waals surface area contributed by atoms with E-state index >= 15 is 0 Å². The molecular formula is C37H43N7O12. The molecule has 0 radical (unpaired) electrons. The van der Waals surface area contributed by atoms with Crippen molar-refractivity contribution >= 4 is 18.0 Å². The third-order valence-corrected chi connectivity index (χ3v) is 8.25. The van der Waals surface area contributed by atoms with Gasteiger partial charge in [0.05, 0.1) is 13.2 Å². The van der Waals surface area contributed by atoms with E-state index in [0.717, 1.165) is 27.9 Å². The fraction of sp³-hybridized carbons (Fsp3) is 0.405. The van der Waals surface area contributed by atoms with Crippen LogP contribution < -0.4 is 4.74 Å². The molecule has 56 heavy (non-hydrogen) atoms. The number of hydrogen-bond donors (Lipinski definition) is 0. The molecule has 19 heteroatoms. The summed E-state index contributed by atoms with van der Waals surface area (Å²) in [6.07, 6.45) is 1.42. The Labute approximate surface area is 321 Å². The predicted octanol–water partition coefficient (Wildman–Crippen LogP) is 5.96. The molecule has 4 aromatic rings. The van der Waals surface area contributed by atoms with Crippen LogP contribution in [0.3, 0.4) is 0 Å². The molecule has 1 heterocycles. The number of tetrazole rings is 1. The molecule has 0 aliphatic rings. The first-order chi connectivity index (χ1) is 26.9. The lowest BCUT2D eigenvalue weighted by Gasteiger charge is -2.33. The molecule has 0 saturated carbocycles. The zero-order valence-electron chi connectivity index (χ0n) is 31.2. The molecule has 0 aliphatic heterocycles. The monoisotopic (exact) mass is 777 g/mol. The van der Waals surface area contributed by atoms with Crippen LogP contribution in [0.25, 0.3) is 22.5 Å². The van der Waals surface area contributed by atoms with Crippen molar-refractivity contribution in [3.05, 3.63) is 104 Å². The summed E-state index contributed by atoms with van der Waals surface area (Å²) in [5, 5.41) is 31.4. The fourth-order valence-corrected chi connectivity index (χ4v) is 5.51. The van der Waals surface area contributed by atoms with Crippen LogP contribution in [-0.4, -0.2) is 72.6 Å². The summed E-state index contributed by atoms with van der Waals surface area (Å²) in [6, 6.07) is 20.0. The SMILES string of the molecule is CCCCC(=O)N(Cc1ccc(-c2ccccc2-c2nnn(COC(=O)Oc3ccc(CO[N+](=O)[O-])cc3)n2)cc1)C(C(=O)OCCCCO[N+](=O)[O-])C(C)C. The van der Waals surface area contributed by atoms with E-state index in [1.807, 2.05) is 69.3 Å². The number of aromatic nitrogens is 4. The minimum atomic E-state index is -1.03. The van der Waals surface area contributed by atoms with E-state index in [1.165, 1.54) is 24.3 Å². The predicted molar refractivity (Wildman–Crippen MR) is 196 cm³/mol. The van der Waals surface area contributed by atoms with Gasteiger partial charge in [-0.05, 0) is 64.8 Å². The van der Waals surface area contributed by atoms with Crippen molar-refractivity contribution in [1.82, 2.24) is 25.1 Å². The summed E-state index contributed by atoms with van der Waals surface area (Å²) in [6.45, 7) is 5.15. The first-order valence-electron chi connectivity index (χ1n) is 17.9. The lowest BCUT2D eigenvalue weighted by atomic mass is 9.97. The topological polar surface area (TPSA) is 230 Å². The number of esters is 1. The summed E-state index contributed by atoms with van der Waals surface area (Å²) < 4.78 is 15.8. The second-order valence-corrected chi connectivity index (χ2v) is 12.7. The van der Waals surface area contributed by atoms with E-state index in [1.54, 1.807) is 4.90 Å². The summed E-state index contributed by atoms with van der Waals surface area (Å²) in [5.74, 6) is -0.539. The summed E-state index contributed by atoms with van der Waals surface area (Å²) >= 11 is 0. The average Bonchev–Trinajstić information content (AvgIpc) is 3.66. The third kappa shape index (κ3) is 13.0. The van der Waals surface area contributed by atoms with Crippen LogP contribution in [-0.2, 0) is 48.6 Å². The zero-order chi connectivity index (χ0) is 40.5. The zero-order valence-corrected chi connectivity index (χ0v) is 31.2. The number of hydrogen-bond acceptors (Lipinski definition) is 15. The van der Waals surface area contributed by atoms with Crippen LogP contribution in [0.4, 0.5) is 4.79 Å². The second kappa shape index (κ2) is 21.3. The molecule has 1 amide bonds. The number of nitrogens with zero attached hydrogens (tertiary/aromatic N) is 7. The number of carbonyl (C=O) groups is 3. The molecule has 19 nitrogen and oxygen atoms in total. The van der Waals surface area contributed by atoms with Crippen LogP contribution in [0, 0.1) is 26.1 Å². The highest BCUT2D eigenvalue weighted by Crippen LogP contribution is 2.30. The lowest BCUT2D eigenvalue weighted by Crippen LogP contribution is -2.48. The normalized spacial score (nSPS) is 11.4. The number of amides is 1. The summed E-state index contributed by atoms with van der Waals surface area (Å²) in [7, 11) is 0. The molecule has 0 bridgehead atoms. The second-order valence-electron chi connectivity index (χ2n) is 12.7. The van der Waals surface area contributed by atoms with Crippen molar-refractivity contribution in [2.24, 2.45) is 5.92 Å². The number of carbonyl (C=O) groups excluding carboxylic acids is 3. The highest BCUT2D eigenvalue weighted by atomic mass is 17.0. The highest BCUT2D eigenvalue weighted by molar-refractivity contribution is 5.85. The highest BCUT2D eigenvalue weighted by Gasteiger charge is 2.33. The fourth-order valence-electron chi connectivity index (χ4n) is 5.51. The Kier molecular flexibility index (Phi) is 16.0. The van der Waals surface area contributed by atoms with Gasteiger partial charge in [-0.2, -0.15) is 0 Å². The van der Waals surface area contributed by atoms with Gasteiger partial charge in [0.15, 0.2) is 0 Å². The van der Waals surface area contributed by atoms with E-state index < -0.39 is 35.1 Å². The van der Waals surface area contributed by atoms with Crippen molar-refractivity contribution in [2.45, 2.75) is 78.8 Å². The van der Waals surface area contributed by atoms with Gasteiger partial charge in [0.2, 0.25) is 18.5 Å². The van der Waals surface area contributed by atoms with E-state index in [0.29, 0.717) is 30.4 Å². The van der Waals surface area contributed by atoms with Gasteiger partial charge in [-0.1, -0.05) is 87.9 Å². The number of ether oxygens (including phenoxy) is 3. The van der Waals surface area contributed by atoms with Gasteiger partial charge in [-0.25, -0.2) is 9.59 Å². The molecule has 0 aliphatic carbocycles. The van der Waals surface area contributed by atoms with E-state index in [4.69, 9.17) is 14.2 Å². The smallest absolute Gasteiger partial charge is 0.464 e. The van der Waals surface area contributed by atoms with Crippen LogP contribution >= 0.6 is 0 Å². The minimum absolute atomic E-state index is 0.0418. The standard InChI is InChI=1S/C37H43N7O12/c1-4-5-12-33(45)41(34(26(2)3)36(46)52-21-8-9-22-54-43(48)49)23-27-13-17-29(18-14-27)31-10-6-7-11-32(31)35-38-40-42(39-35)25-53-37(47)56-30-19-15-28(16-20-30)24-55-44(50)51/h6-7,10-11,13-20,26,34H,4-5,8-9,12,21-25H2,1-3H3. The third-order valence-electron chi connectivity index (χ3n) is 8.25. The largest absolute Gasteiger partial charge is 0.515 e. The van der Waals surface area contributed by atoms with Crippen LogP contribution in [0.2, 0.25) is 0 Å². The Hall–Kier alpha value is -6.66. The summed E-state index contributed by atoms with van der Waals surface area (Å²) in [4.78, 5) is 71.1. The summed E-state index contributed by atoms with van der Waals surface area (Å²) in [5.41, 5.74) is 3.55. The molecule has 0 saturated heterocycles. The van der Waals surface area contributed by atoms with Gasteiger partial charge in [0.25, 0.3) is 10.2 Å². The Morgan fingerprint density at radius 3 is 2.14 bits per heavy atom. The quantitative estimate of drug-likeness (QED) is 0.0294. The van der Waals surface area contributed by atoms with Crippen LogP contribution in [0.5, 0.6) is 5.75 Å². The molecule has 3 aromatic carbocycles. The van der Waals surface area contributed by atoms with Gasteiger partial charge in [-0.3, -0.25) is 4.79 Å². The first kappa shape index (κ1) is 42.1. The van der Waals surface area contributed by atoms with Crippen LogP contribution in [0.15, 0.2) is 72.8 Å². The average molecular weight is 778 g/mol. The molecule has 298 valence electrons. The Morgan fingerprint density at radius 1 is 0.821 bits per heavy atom. The number of rotatable bonds is 22. The minimum Gasteiger partial charge on any atom is -0.464 e. The first-order valence-corrected chi connectivity index (χ1v) is 17.9.